The molecule has 0 unspecified atom stereocenters. The van der Waals surface area contributed by atoms with Crippen LogP contribution in [0.3, 0.4) is 0 Å². The first-order chi connectivity index (χ1) is 17.7. The van der Waals surface area contributed by atoms with Gasteiger partial charge in [0.15, 0.2) is 0 Å². The van der Waals surface area contributed by atoms with Crippen molar-refractivity contribution in [2.75, 3.05) is 26.3 Å². The molecule has 0 bridgehead atoms. The number of hydrogen-bond donors (Lipinski definition) is 1. The predicted molar refractivity (Wildman–Crippen MR) is 146 cm³/mol. The third kappa shape index (κ3) is 5.67. The van der Waals surface area contributed by atoms with Crippen LogP contribution in [0.1, 0.15) is 22.3 Å². The smallest absolute Gasteiger partial charge is 0.336 e. The summed E-state index contributed by atoms with van der Waals surface area (Å²) in [6, 6.07) is 19.1. The minimum absolute atomic E-state index is 0.277. The maximum atomic E-state index is 12.5. The third-order valence-electron chi connectivity index (χ3n) is 6.84. The maximum absolute atomic E-state index is 12.5. The van der Waals surface area contributed by atoms with Crippen LogP contribution in [0, 0.1) is 13.8 Å². The predicted octanol–water partition coefficient (Wildman–Crippen LogP) is 4.36. The van der Waals surface area contributed by atoms with Gasteiger partial charge in [-0.2, -0.15) is 0 Å². The number of ether oxygens (including phenoxy) is 1. The van der Waals surface area contributed by atoms with E-state index in [2.05, 4.69) is 29.2 Å². The highest BCUT2D eigenvalue weighted by Gasteiger charge is 2.18. The quantitative estimate of drug-likeness (QED) is 0.381. The van der Waals surface area contributed by atoms with E-state index >= 15 is 0 Å². The van der Waals surface area contributed by atoms with Crippen molar-refractivity contribution in [1.82, 2.24) is 4.90 Å². The standard InChI is InChI=1S/C29H30N2O5S/c1-19-14-26-29(25(16-27(32)36-26)24-5-3-4-22(15-24)18-37(30,33)34)20(2)28(19)23-8-6-21(7-9-23)17-31-10-12-35-13-11-31/h3-9,14-16H,10-13,17-18H2,1-2H3,(H2,30,33,34). The van der Waals surface area contributed by atoms with Crippen LogP contribution in [0.4, 0.5) is 0 Å². The lowest BCUT2D eigenvalue weighted by molar-refractivity contribution is 0.0342. The fourth-order valence-electron chi connectivity index (χ4n) is 5.22. The van der Waals surface area contributed by atoms with Crippen LogP contribution >= 0.6 is 0 Å². The van der Waals surface area contributed by atoms with Gasteiger partial charge in [-0.1, -0.05) is 48.5 Å². The first-order valence-corrected chi connectivity index (χ1v) is 14.0. The van der Waals surface area contributed by atoms with Crippen molar-refractivity contribution in [2.45, 2.75) is 26.1 Å². The third-order valence-corrected chi connectivity index (χ3v) is 7.57. The lowest BCUT2D eigenvalue weighted by Gasteiger charge is -2.26. The van der Waals surface area contributed by atoms with Crippen molar-refractivity contribution in [1.29, 1.82) is 0 Å². The van der Waals surface area contributed by atoms with Gasteiger partial charge in [-0.15, -0.1) is 0 Å². The van der Waals surface area contributed by atoms with Crippen LogP contribution in [-0.4, -0.2) is 39.6 Å². The summed E-state index contributed by atoms with van der Waals surface area (Å²) in [5, 5.41) is 6.08. The lowest BCUT2D eigenvalue weighted by Crippen LogP contribution is -2.35. The Morgan fingerprint density at radius 1 is 0.919 bits per heavy atom. The highest BCUT2D eigenvalue weighted by Crippen LogP contribution is 2.38. The fraction of sp³-hybridized carbons (Fsp3) is 0.276. The number of morpholine rings is 1. The molecule has 1 saturated heterocycles. The summed E-state index contributed by atoms with van der Waals surface area (Å²) in [7, 11) is -3.69. The Balaban J connectivity index is 1.58. The van der Waals surface area contributed by atoms with Gasteiger partial charge in [0, 0.05) is 36.7 Å². The van der Waals surface area contributed by atoms with Gasteiger partial charge in [0.2, 0.25) is 10.0 Å². The average Bonchev–Trinajstić information content (AvgIpc) is 2.84. The summed E-state index contributed by atoms with van der Waals surface area (Å²) in [5.41, 5.74) is 7.45. The zero-order valence-corrected chi connectivity index (χ0v) is 21.8. The molecule has 0 amide bonds. The van der Waals surface area contributed by atoms with E-state index in [4.69, 9.17) is 14.3 Å². The summed E-state index contributed by atoms with van der Waals surface area (Å²) < 4.78 is 34.4. The Labute approximate surface area is 216 Å². The van der Waals surface area contributed by atoms with Gasteiger partial charge in [0.05, 0.1) is 19.0 Å². The molecule has 1 aliphatic heterocycles. The maximum Gasteiger partial charge on any atom is 0.336 e. The summed E-state index contributed by atoms with van der Waals surface area (Å²) in [5.74, 6) is -0.277. The molecule has 3 aromatic carbocycles. The number of nitrogens with two attached hydrogens (primary N) is 1. The van der Waals surface area contributed by atoms with Crippen LogP contribution in [0.2, 0.25) is 0 Å². The molecule has 7 nitrogen and oxygen atoms in total. The summed E-state index contributed by atoms with van der Waals surface area (Å²) in [6.07, 6.45) is 0. The monoisotopic (exact) mass is 518 g/mol. The molecule has 0 saturated carbocycles. The average molecular weight is 519 g/mol. The fourth-order valence-corrected chi connectivity index (χ4v) is 5.86. The molecule has 8 heteroatoms. The van der Waals surface area contributed by atoms with E-state index in [0.29, 0.717) is 16.7 Å². The van der Waals surface area contributed by atoms with E-state index in [1.54, 1.807) is 18.2 Å². The molecule has 1 aliphatic rings. The zero-order chi connectivity index (χ0) is 26.2. The number of rotatable bonds is 6. The summed E-state index contributed by atoms with van der Waals surface area (Å²) in [4.78, 5) is 14.9. The van der Waals surface area contributed by atoms with E-state index in [0.717, 1.165) is 66.1 Å². The van der Waals surface area contributed by atoms with Crippen molar-refractivity contribution in [3.63, 3.8) is 0 Å². The Kier molecular flexibility index (Phi) is 7.00. The Hall–Kier alpha value is -3.30. The first kappa shape index (κ1) is 25.4. The van der Waals surface area contributed by atoms with Gasteiger partial charge < -0.3 is 9.15 Å². The van der Waals surface area contributed by atoms with E-state index < -0.39 is 15.6 Å². The lowest BCUT2D eigenvalue weighted by atomic mass is 9.89. The number of sulfonamides is 1. The molecule has 1 aromatic heterocycles. The van der Waals surface area contributed by atoms with Gasteiger partial charge in [-0.05, 0) is 58.9 Å². The molecule has 4 aromatic rings. The Morgan fingerprint density at radius 3 is 2.35 bits per heavy atom. The molecule has 37 heavy (non-hydrogen) atoms. The molecule has 2 heterocycles. The highest BCUT2D eigenvalue weighted by molar-refractivity contribution is 7.88. The van der Waals surface area contributed by atoms with Crippen molar-refractivity contribution in [3.8, 4) is 22.3 Å². The second-order valence-corrected chi connectivity index (χ2v) is 11.3. The normalized spacial score (nSPS) is 14.8. The van der Waals surface area contributed by atoms with Crippen LogP contribution in [0.15, 0.2) is 69.9 Å². The number of benzene rings is 3. The number of nitrogens with zero attached hydrogens (tertiary/aromatic N) is 1. The molecule has 0 spiro atoms. The molecular weight excluding hydrogens is 488 g/mol. The molecule has 0 atom stereocenters. The minimum Gasteiger partial charge on any atom is -0.423 e. The van der Waals surface area contributed by atoms with Crippen molar-refractivity contribution in [3.05, 3.63) is 93.3 Å². The molecule has 192 valence electrons. The molecule has 1 fully saturated rings. The number of primary sulfonamides is 1. The molecule has 0 aliphatic carbocycles. The van der Waals surface area contributed by atoms with Crippen molar-refractivity contribution in [2.24, 2.45) is 5.14 Å². The SMILES string of the molecule is Cc1cc2oc(=O)cc(-c3cccc(CS(N)(=O)=O)c3)c2c(C)c1-c1ccc(CN2CCOCC2)cc1. The first-order valence-electron chi connectivity index (χ1n) is 12.3. The summed E-state index contributed by atoms with van der Waals surface area (Å²) in [6.45, 7) is 8.37. The van der Waals surface area contributed by atoms with Crippen LogP contribution in [0.5, 0.6) is 0 Å². The largest absolute Gasteiger partial charge is 0.423 e. The highest BCUT2D eigenvalue weighted by atomic mass is 32.2. The van der Waals surface area contributed by atoms with E-state index in [9.17, 15) is 13.2 Å². The molecule has 2 N–H and O–H groups in total. The van der Waals surface area contributed by atoms with Crippen molar-refractivity contribution >= 4 is 21.0 Å². The van der Waals surface area contributed by atoms with Gasteiger partial charge in [-0.25, -0.2) is 18.4 Å². The zero-order valence-electron chi connectivity index (χ0n) is 21.0. The second kappa shape index (κ2) is 10.2. The minimum atomic E-state index is -3.69. The molecule has 0 radical (unpaired) electrons. The van der Waals surface area contributed by atoms with Crippen molar-refractivity contribution < 1.29 is 17.6 Å². The Morgan fingerprint density at radius 2 is 1.65 bits per heavy atom. The Bertz CT molecular complexity index is 1620. The van der Waals surface area contributed by atoms with E-state index in [-0.39, 0.29) is 5.75 Å². The van der Waals surface area contributed by atoms with Gasteiger partial charge in [-0.3, -0.25) is 4.90 Å². The van der Waals surface area contributed by atoms with Gasteiger partial charge in [0.25, 0.3) is 0 Å². The van der Waals surface area contributed by atoms with Crippen LogP contribution in [-0.2, 0) is 27.1 Å². The van der Waals surface area contributed by atoms with Crippen LogP contribution in [0.25, 0.3) is 33.2 Å². The molecular formula is C29H30N2O5S. The number of hydrogen-bond acceptors (Lipinski definition) is 6. The second-order valence-electron chi connectivity index (χ2n) is 9.64. The van der Waals surface area contributed by atoms with E-state index in [1.807, 2.05) is 26.0 Å². The number of fused-ring (bicyclic) bond motifs is 1. The van der Waals surface area contributed by atoms with E-state index in [1.165, 1.54) is 11.6 Å². The van der Waals surface area contributed by atoms with Crippen LogP contribution < -0.4 is 10.8 Å². The summed E-state index contributed by atoms with van der Waals surface area (Å²) >= 11 is 0. The number of aryl methyl sites for hydroxylation is 2. The topological polar surface area (TPSA) is 103 Å². The van der Waals surface area contributed by atoms with Gasteiger partial charge >= 0.3 is 5.63 Å². The van der Waals surface area contributed by atoms with Gasteiger partial charge in [0.1, 0.15) is 5.58 Å². The molecule has 5 rings (SSSR count).